The van der Waals surface area contributed by atoms with Crippen molar-refractivity contribution in [1.82, 2.24) is 10.2 Å². The van der Waals surface area contributed by atoms with E-state index in [1.54, 1.807) is 12.3 Å². The number of nitrogens with zero attached hydrogens (tertiary/aromatic N) is 1. The number of allylic oxidation sites excluding steroid dienone is 2. The van der Waals surface area contributed by atoms with E-state index in [0.717, 1.165) is 5.57 Å². The summed E-state index contributed by atoms with van der Waals surface area (Å²) < 4.78 is 0. The first-order valence-electron chi connectivity index (χ1n) is 4.48. The molecular weight excluding hydrogens is 196 g/mol. The van der Waals surface area contributed by atoms with Crippen LogP contribution in [0.15, 0.2) is 35.7 Å². The van der Waals surface area contributed by atoms with E-state index in [1.165, 1.54) is 11.1 Å². The monoisotopic (exact) mass is 206 g/mol. The maximum Gasteiger partial charge on any atom is 0.342 e. The number of rotatable bonds is 1. The molecule has 0 fully saturated rings. The highest BCUT2D eigenvalue weighted by atomic mass is 16.4. The number of carboxylic acid groups (broad SMARTS) is 1. The van der Waals surface area contributed by atoms with Gasteiger partial charge in [-0.2, -0.15) is 0 Å². The summed E-state index contributed by atoms with van der Waals surface area (Å²) >= 11 is 0. The highest BCUT2D eigenvalue weighted by Gasteiger charge is 2.31. The Morgan fingerprint density at radius 3 is 3.00 bits per heavy atom. The van der Waals surface area contributed by atoms with E-state index in [9.17, 15) is 9.59 Å². The molecule has 0 aromatic heterocycles. The van der Waals surface area contributed by atoms with Gasteiger partial charge in [-0.3, -0.25) is 9.69 Å². The molecule has 0 spiro atoms. The molecule has 0 aromatic carbocycles. The Hall–Kier alpha value is -2.04. The quantitative estimate of drug-likeness (QED) is 0.601. The molecular formula is C10H10N2O3. The third-order valence-corrected chi connectivity index (χ3v) is 2.31. The number of aliphatic carboxylic acids is 1. The summed E-state index contributed by atoms with van der Waals surface area (Å²) in [7, 11) is 0. The van der Waals surface area contributed by atoms with Crippen LogP contribution in [0.4, 0.5) is 0 Å². The van der Waals surface area contributed by atoms with Gasteiger partial charge in [-0.25, -0.2) is 4.79 Å². The molecule has 2 aliphatic rings. The topological polar surface area (TPSA) is 69.6 Å². The van der Waals surface area contributed by atoms with E-state index in [-0.39, 0.29) is 11.7 Å². The number of hydrogen-bond donors (Lipinski definition) is 2. The van der Waals surface area contributed by atoms with Crippen LogP contribution in [0.2, 0.25) is 0 Å². The second-order valence-electron chi connectivity index (χ2n) is 3.41. The SMILES string of the molecule is CC1=C[C@@H]2NC=C(C(=O)O)C(=O)N2C=C1. The first kappa shape index (κ1) is 9.51. The molecule has 0 aliphatic carbocycles. The Kier molecular flexibility index (Phi) is 2.07. The van der Waals surface area contributed by atoms with Crippen LogP contribution in [0, 0.1) is 0 Å². The van der Waals surface area contributed by atoms with E-state index < -0.39 is 11.9 Å². The molecule has 15 heavy (non-hydrogen) atoms. The Morgan fingerprint density at radius 2 is 2.33 bits per heavy atom. The maximum absolute atomic E-state index is 11.7. The lowest BCUT2D eigenvalue weighted by Gasteiger charge is -2.33. The summed E-state index contributed by atoms with van der Waals surface area (Å²) in [6, 6.07) is 0. The fraction of sp³-hybridized carbons (Fsp3) is 0.200. The lowest BCUT2D eigenvalue weighted by atomic mass is 10.1. The van der Waals surface area contributed by atoms with E-state index in [2.05, 4.69) is 5.32 Å². The number of carboxylic acids is 1. The molecule has 5 nitrogen and oxygen atoms in total. The van der Waals surface area contributed by atoms with Crippen molar-refractivity contribution in [2.45, 2.75) is 13.1 Å². The number of carbonyl (C=O) groups is 2. The van der Waals surface area contributed by atoms with Gasteiger partial charge in [0.1, 0.15) is 11.7 Å². The molecule has 2 heterocycles. The average molecular weight is 206 g/mol. The predicted molar refractivity (Wildman–Crippen MR) is 52.4 cm³/mol. The fourth-order valence-electron chi connectivity index (χ4n) is 1.52. The van der Waals surface area contributed by atoms with Crippen LogP contribution in [0.25, 0.3) is 0 Å². The van der Waals surface area contributed by atoms with E-state index in [4.69, 9.17) is 5.11 Å². The van der Waals surface area contributed by atoms with Crippen LogP contribution in [0.1, 0.15) is 6.92 Å². The highest BCUT2D eigenvalue weighted by molar-refractivity contribution is 6.16. The van der Waals surface area contributed by atoms with Crippen molar-refractivity contribution in [3.05, 3.63) is 35.7 Å². The molecule has 0 bridgehead atoms. The summed E-state index contributed by atoms with van der Waals surface area (Å²) in [6.45, 7) is 1.91. The molecule has 2 rings (SSSR count). The van der Waals surface area contributed by atoms with Crippen molar-refractivity contribution in [3.8, 4) is 0 Å². The number of nitrogens with one attached hydrogen (secondary N) is 1. The van der Waals surface area contributed by atoms with Gasteiger partial charge < -0.3 is 10.4 Å². The van der Waals surface area contributed by atoms with Crippen molar-refractivity contribution in [3.63, 3.8) is 0 Å². The summed E-state index contributed by atoms with van der Waals surface area (Å²) in [5.74, 6) is -1.71. The van der Waals surface area contributed by atoms with E-state index in [1.807, 2.05) is 13.0 Å². The molecule has 1 atom stereocenters. The fourth-order valence-corrected chi connectivity index (χ4v) is 1.52. The minimum absolute atomic E-state index is 0.246. The second-order valence-corrected chi connectivity index (χ2v) is 3.41. The lowest BCUT2D eigenvalue weighted by molar-refractivity contribution is -0.137. The number of fused-ring (bicyclic) bond motifs is 1. The van der Waals surface area contributed by atoms with E-state index >= 15 is 0 Å². The standard InChI is InChI=1S/C10H10N2O3/c1-6-2-3-12-8(4-6)11-5-7(9(12)13)10(14)15/h2-5,8,11H,1H3,(H,14,15)/t8-/m1/s1. The van der Waals surface area contributed by atoms with Gasteiger partial charge in [0.2, 0.25) is 0 Å². The van der Waals surface area contributed by atoms with Crippen LogP contribution in [0.3, 0.4) is 0 Å². The van der Waals surface area contributed by atoms with E-state index in [0.29, 0.717) is 0 Å². The second kappa shape index (κ2) is 3.27. The van der Waals surface area contributed by atoms with Crippen LogP contribution < -0.4 is 5.32 Å². The van der Waals surface area contributed by atoms with Gasteiger partial charge in [0.15, 0.2) is 0 Å². The third-order valence-electron chi connectivity index (χ3n) is 2.31. The Morgan fingerprint density at radius 1 is 1.60 bits per heavy atom. The first-order chi connectivity index (χ1) is 7.09. The van der Waals surface area contributed by atoms with Crippen molar-refractivity contribution in [2.24, 2.45) is 0 Å². The maximum atomic E-state index is 11.7. The van der Waals surface area contributed by atoms with Gasteiger partial charge in [-0.15, -0.1) is 0 Å². The number of amides is 1. The highest BCUT2D eigenvalue weighted by Crippen LogP contribution is 2.18. The molecule has 0 saturated carbocycles. The molecule has 2 aliphatic heterocycles. The molecule has 5 heteroatoms. The van der Waals surface area contributed by atoms with Gasteiger partial charge in [0.05, 0.1) is 0 Å². The molecule has 1 amide bonds. The zero-order valence-electron chi connectivity index (χ0n) is 8.10. The molecule has 78 valence electrons. The van der Waals surface area contributed by atoms with Crippen LogP contribution in [-0.2, 0) is 9.59 Å². The summed E-state index contributed by atoms with van der Waals surface area (Å²) in [5.41, 5.74) is 0.785. The summed E-state index contributed by atoms with van der Waals surface area (Å²) in [6.07, 6.45) is 6.18. The molecule has 0 radical (unpaired) electrons. The predicted octanol–water partition coefficient (Wildman–Crippen LogP) is 0.186. The van der Waals surface area contributed by atoms with Crippen LogP contribution in [-0.4, -0.2) is 28.0 Å². The largest absolute Gasteiger partial charge is 0.477 e. The smallest absolute Gasteiger partial charge is 0.342 e. The minimum Gasteiger partial charge on any atom is -0.477 e. The number of hydrogen-bond acceptors (Lipinski definition) is 3. The van der Waals surface area contributed by atoms with Gasteiger partial charge in [-0.1, -0.05) is 0 Å². The normalized spacial score (nSPS) is 23.9. The molecule has 0 unspecified atom stereocenters. The van der Waals surface area contributed by atoms with Gasteiger partial charge in [-0.05, 0) is 24.6 Å². The Bertz CT molecular complexity index is 420. The minimum atomic E-state index is -1.22. The lowest BCUT2D eigenvalue weighted by Crippen LogP contribution is -2.49. The summed E-state index contributed by atoms with van der Waals surface area (Å²) in [4.78, 5) is 23.7. The third kappa shape index (κ3) is 1.52. The van der Waals surface area contributed by atoms with Gasteiger partial charge in [0.25, 0.3) is 5.91 Å². The van der Waals surface area contributed by atoms with Gasteiger partial charge >= 0.3 is 5.97 Å². The van der Waals surface area contributed by atoms with Crippen LogP contribution >= 0.6 is 0 Å². The van der Waals surface area contributed by atoms with Crippen LogP contribution in [0.5, 0.6) is 0 Å². The average Bonchev–Trinajstić information content (AvgIpc) is 2.17. The Labute approximate surface area is 86.4 Å². The zero-order valence-corrected chi connectivity index (χ0v) is 8.10. The summed E-state index contributed by atoms with van der Waals surface area (Å²) in [5, 5.41) is 11.6. The van der Waals surface area contributed by atoms with Gasteiger partial charge in [0, 0.05) is 12.4 Å². The van der Waals surface area contributed by atoms with Crippen molar-refractivity contribution in [1.29, 1.82) is 0 Å². The molecule has 0 aromatic rings. The first-order valence-corrected chi connectivity index (χ1v) is 4.48. The zero-order chi connectivity index (χ0) is 11.0. The number of carbonyl (C=O) groups excluding carboxylic acids is 1. The molecule has 2 N–H and O–H groups in total. The Balaban J connectivity index is 2.33. The van der Waals surface area contributed by atoms with Crippen molar-refractivity contribution >= 4 is 11.9 Å². The van der Waals surface area contributed by atoms with Crippen molar-refractivity contribution in [2.75, 3.05) is 0 Å². The molecule has 0 saturated heterocycles. The van der Waals surface area contributed by atoms with Crippen molar-refractivity contribution < 1.29 is 14.7 Å².